The summed E-state index contributed by atoms with van der Waals surface area (Å²) in [4.78, 5) is 14.9. The van der Waals surface area contributed by atoms with Gasteiger partial charge < -0.3 is 5.11 Å². The lowest BCUT2D eigenvalue weighted by molar-refractivity contribution is 0.0702. The van der Waals surface area contributed by atoms with Crippen molar-refractivity contribution >= 4 is 44.7 Å². The number of anilines is 1. The van der Waals surface area contributed by atoms with Gasteiger partial charge in [-0.25, -0.2) is 18.2 Å². The van der Waals surface area contributed by atoms with Gasteiger partial charge in [0.2, 0.25) is 0 Å². The molecule has 0 aliphatic heterocycles. The summed E-state index contributed by atoms with van der Waals surface area (Å²) in [7, 11) is -3.90. The molecule has 0 bridgehead atoms. The van der Waals surface area contributed by atoms with Gasteiger partial charge in [0, 0.05) is 4.88 Å². The fourth-order valence-electron chi connectivity index (χ4n) is 1.50. The Labute approximate surface area is 124 Å². The zero-order chi connectivity index (χ0) is 14.9. The van der Waals surface area contributed by atoms with Crippen LogP contribution in [-0.4, -0.2) is 24.5 Å². The largest absolute Gasteiger partial charge is 0.477 e. The quantitative estimate of drug-likeness (QED) is 0.839. The van der Waals surface area contributed by atoms with Crippen LogP contribution >= 0.6 is 22.9 Å². The van der Waals surface area contributed by atoms with Crippen molar-refractivity contribution in [1.82, 2.24) is 4.98 Å². The molecule has 2 N–H and O–H groups in total. The number of sulfonamides is 1. The number of rotatable bonds is 4. The van der Waals surface area contributed by atoms with Crippen LogP contribution in [-0.2, 0) is 10.0 Å². The normalized spacial score (nSPS) is 11.3. The van der Waals surface area contributed by atoms with E-state index in [4.69, 9.17) is 16.7 Å². The van der Waals surface area contributed by atoms with E-state index in [1.54, 1.807) is 6.07 Å². The molecule has 20 heavy (non-hydrogen) atoms. The molecule has 0 saturated heterocycles. The van der Waals surface area contributed by atoms with Crippen molar-refractivity contribution in [3.63, 3.8) is 0 Å². The van der Waals surface area contributed by atoms with E-state index >= 15 is 0 Å². The molecule has 0 aliphatic rings. The number of carbonyl (C=O) groups is 1. The molecule has 2 rings (SSSR count). The van der Waals surface area contributed by atoms with E-state index in [1.807, 2.05) is 0 Å². The van der Waals surface area contributed by atoms with Gasteiger partial charge in [0.05, 0.1) is 0 Å². The second kappa shape index (κ2) is 5.39. The first-order chi connectivity index (χ1) is 9.29. The molecule has 9 heteroatoms. The maximum Gasteiger partial charge on any atom is 0.345 e. The predicted molar refractivity (Wildman–Crippen MR) is 76.1 cm³/mol. The smallest absolute Gasteiger partial charge is 0.345 e. The fraction of sp³-hybridized carbons (Fsp3) is 0.0909. The Bertz CT molecular complexity index is 770. The summed E-state index contributed by atoms with van der Waals surface area (Å²) < 4.78 is 26.6. The molecule has 2 heterocycles. The summed E-state index contributed by atoms with van der Waals surface area (Å²) in [5.41, 5.74) is 0. The number of aromatic carboxylic acids is 1. The Kier molecular flexibility index (Phi) is 3.98. The molecule has 0 unspecified atom stereocenters. The highest BCUT2D eigenvalue weighted by atomic mass is 35.5. The number of hydrogen-bond donors (Lipinski definition) is 2. The molecule has 6 nitrogen and oxygen atoms in total. The van der Waals surface area contributed by atoms with E-state index in [1.165, 1.54) is 19.1 Å². The number of halogens is 1. The Hall–Kier alpha value is -1.64. The van der Waals surface area contributed by atoms with E-state index in [9.17, 15) is 13.2 Å². The van der Waals surface area contributed by atoms with E-state index in [0.29, 0.717) is 4.88 Å². The Morgan fingerprint density at radius 3 is 2.70 bits per heavy atom. The number of nitrogens with zero attached hydrogens (tertiary/aromatic N) is 1. The van der Waals surface area contributed by atoms with E-state index in [-0.39, 0.29) is 20.7 Å². The minimum absolute atomic E-state index is 0.0399. The van der Waals surface area contributed by atoms with Crippen LogP contribution in [0.5, 0.6) is 0 Å². The molecule has 0 aliphatic carbocycles. The SMILES string of the molecule is Cc1sc(C(=O)O)cc1S(=O)(=O)Nc1cccc(Cl)n1. The van der Waals surface area contributed by atoms with Gasteiger partial charge in [-0.05, 0) is 25.1 Å². The van der Waals surface area contributed by atoms with Crippen LogP contribution in [0, 0.1) is 6.92 Å². The molecule has 0 spiro atoms. The third kappa shape index (κ3) is 3.09. The molecular weight excluding hydrogens is 324 g/mol. The van der Waals surface area contributed by atoms with Gasteiger partial charge in [0.1, 0.15) is 20.7 Å². The minimum atomic E-state index is -3.90. The first-order valence-electron chi connectivity index (χ1n) is 5.29. The molecule has 0 atom stereocenters. The number of nitrogens with one attached hydrogen (secondary N) is 1. The zero-order valence-corrected chi connectivity index (χ0v) is 12.5. The molecule has 2 aromatic rings. The van der Waals surface area contributed by atoms with Crippen LogP contribution in [0.1, 0.15) is 14.5 Å². The molecule has 0 saturated carbocycles. The lowest BCUT2D eigenvalue weighted by atomic mass is 10.4. The Morgan fingerprint density at radius 1 is 1.45 bits per heavy atom. The first kappa shape index (κ1) is 14.8. The molecule has 0 radical (unpaired) electrons. The molecule has 0 amide bonds. The second-order valence-corrected chi connectivity index (χ2v) is 7.08. The lowest BCUT2D eigenvalue weighted by Gasteiger charge is -2.06. The Morgan fingerprint density at radius 2 is 2.15 bits per heavy atom. The maximum absolute atomic E-state index is 12.2. The van der Waals surface area contributed by atoms with E-state index in [2.05, 4.69) is 9.71 Å². The fourth-order valence-corrected chi connectivity index (χ4v) is 4.09. The number of carboxylic acid groups (broad SMARTS) is 1. The summed E-state index contributed by atoms with van der Waals surface area (Å²) in [6, 6.07) is 5.63. The van der Waals surface area contributed by atoms with Crippen molar-refractivity contribution < 1.29 is 18.3 Å². The third-order valence-electron chi connectivity index (χ3n) is 2.33. The maximum atomic E-state index is 12.2. The monoisotopic (exact) mass is 332 g/mol. The van der Waals surface area contributed by atoms with Crippen molar-refractivity contribution in [3.8, 4) is 0 Å². The van der Waals surface area contributed by atoms with Crippen LogP contribution in [0.4, 0.5) is 5.82 Å². The van der Waals surface area contributed by atoms with Crippen molar-refractivity contribution in [2.24, 2.45) is 0 Å². The number of carboxylic acids is 1. The summed E-state index contributed by atoms with van der Waals surface area (Å²) in [5.74, 6) is -1.10. The molecular formula is C11H9ClN2O4S2. The highest BCUT2D eigenvalue weighted by molar-refractivity contribution is 7.93. The van der Waals surface area contributed by atoms with Crippen LogP contribution < -0.4 is 4.72 Å². The summed E-state index contributed by atoms with van der Waals surface area (Å²) in [5, 5.41) is 9.03. The van der Waals surface area contributed by atoms with Gasteiger partial charge in [0.15, 0.2) is 0 Å². The van der Waals surface area contributed by atoms with Crippen LogP contribution in [0.2, 0.25) is 5.15 Å². The van der Waals surface area contributed by atoms with Gasteiger partial charge in [-0.3, -0.25) is 4.72 Å². The van der Waals surface area contributed by atoms with E-state index in [0.717, 1.165) is 17.4 Å². The van der Waals surface area contributed by atoms with Crippen molar-refractivity contribution in [3.05, 3.63) is 39.2 Å². The van der Waals surface area contributed by atoms with Crippen molar-refractivity contribution in [2.45, 2.75) is 11.8 Å². The predicted octanol–water partition coefficient (Wildman–Crippen LogP) is 2.60. The topological polar surface area (TPSA) is 96.4 Å². The molecule has 0 fully saturated rings. The lowest BCUT2D eigenvalue weighted by Crippen LogP contribution is -2.14. The first-order valence-corrected chi connectivity index (χ1v) is 7.96. The number of hydrogen-bond acceptors (Lipinski definition) is 5. The molecule has 2 aromatic heterocycles. The van der Waals surface area contributed by atoms with E-state index < -0.39 is 16.0 Å². The number of pyridine rings is 1. The van der Waals surface area contributed by atoms with Gasteiger partial charge in [-0.15, -0.1) is 11.3 Å². The van der Waals surface area contributed by atoms with Gasteiger partial charge in [-0.1, -0.05) is 17.7 Å². The zero-order valence-electron chi connectivity index (χ0n) is 10.1. The average Bonchev–Trinajstić information content (AvgIpc) is 2.71. The molecule has 106 valence electrons. The number of aromatic nitrogens is 1. The highest BCUT2D eigenvalue weighted by Crippen LogP contribution is 2.27. The standard InChI is InChI=1S/C11H9ClN2O4S2/c1-6-8(5-7(19-6)11(15)16)20(17,18)14-10-4-2-3-9(12)13-10/h2-5H,1H3,(H,13,14)(H,15,16). The minimum Gasteiger partial charge on any atom is -0.477 e. The average molecular weight is 333 g/mol. The van der Waals surface area contributed by atoms with Gasteiger partial charge in [0.25, 0.3) is 10.0 Å². The third-order valence-corrected chi connectivity index (χ3v) is 5.19. The number of thiophene rings is 1. The summed E-state index contributed by atoms with van der Waals surface area (Å²) in [6.07, 6.45) is 0. The second-order valence-electron chi connectivity index (χ2n) is 3.79. The van der Waals surface area contributed by atoms with Crippen molar-refractivity contribution in [2.75, 3.05) is 4.72 Å². The van der Waals surface area contributed by atoms with Crippen LogP contribution in [0.15, 0.2) is 29.2 Å². The van der Waals surface area contributed by atoms with Gasteiger partial charge >= 0.3 is 5.97 Å². The van der Waals surface area contributed by atoms with Crippen LogP contribution in [0.3, 0.4) is 0 Å². The highest BCUT2D eigenvalue weighted by Gasteiger charge is 2.22. The van der Waals surface area contributed by atoms with Crippen molar-refractivity contribution in [1.29, 1.82) is 0 Å². The van der Waals surface area contributed by atoms with Gasteiger partial charge in [-0.2, -0.15) is 0 Å². The summed E-state index contributed by atoms with van der Waals surface area (Å²) >= 11 is 6.57. The Balaban J connectivity index is 2.38. The van der Waals surface area contributed by atoms with Crippen LogP contribution in [0.25, 0.3) is 0 Å². The molecule has 0 aromatic carbocycles. The number of aryl methyl sites for hydroxylation is 1. The summed E-state index contributed by atoms with van der Waals surface area (Å²) in [6.45, 7) is 1.54.